The number of alkyl halides is 6. The molecule has 1 aliphatic rings. The van der Waals surface area contributed by atoms with Crippen molar-refractivity contribution >= 4 is 23.9 Å². The topological polar surface area (TPSA) is 116 Å². The molecule has 4 rings (SSSR count). The minimum absolute atomic E-state index is 0.00660. The summed E-state index contributed by atoms with van der Waals surface area (Å²) in [4.78, 5) is 47.8. The van der Waals surface area contributed by atoms with Gasteiger partial charge in [0, 0.05) is 50.9 Å². The summed E-state index contributed by atoms with van der Waals surface area (Å²) in [5.41, 5.74) is -2.37. The van der Waals surface area contributed by atoms with E-state index in [4.69, 9.17) is 5.11 Å². The highest BCUT2D eigenvalue weighted by Crippen LogP contribution is 2.38. The highest BCUT2D eigenvalue weighted by molar-refractivity contribution is 5.94. The van der Waals surface area contributed by atoms with Gasteiger partial charge < -0.3 is 14.9 Å². The molecule has 3 aromatic rings. The lowest BCUT2D eigenvalue weighted by Crippen LogP contribution is -2.47. The van der Waals surface area contributed by atoms with Gasteiger partial charge in [-0.2, -0.15) is 26.3 Å². The lowest BCUT2D eigenvalue weighted by atomic mass is 9.78. The standard InChI is InChI=1S/C29H26F7N5O4/c1-15-7-20(30)3-4-21(15)23-14-41(24(42)17-11-37-26(38-12-17)39-27(44)45)6-5-22(23)25(43)40(2)13-16-8-18(28(31,32)33)10-19(9-16)29(34,35)36/h3-4,7-12,22-23H,5-6,13-14H2,1-2H3,(H,44,45)(H,37,38,39)/t22-,23+/m1/s1. The van der Waals surface area contributed by atoms with Gasteiger partial charge in [-0.05, 0) is 60.4 Å². The Bertz CT molecular complexity index is 1560. The predicted octanol–water partition coefficient (Wildman–Crippen LogP) is 5.96. The summed E-state index contributed by atoms with van der Waals surface area (Å²) in [5, 5.41) is 10.7. The van der Waals surface area contributed by atoms with E-state index in [0.717, 1.165) is 17.3 Å². The van der Waals surface area contributed by atoms with E-state index in [9.17, 15) is 45.1 Å². The van der Waals surface area contributed by atoms with Gasteiger partial charge >= 0.3 is 18.4 Å². The molecule has 9 nitrogen and oxygen atoms in total. The number of hydrogen-bond acceptors (Lipinski definition) is 5. The van der Waals surface area contributed by atoms with Crippen LogP contribution in [0.5, 0.6) is 0 Å². The maximum absolute atomic E-state index is 14.0. The second-order valence-electron chi connectivity index (χ2n) is 10.6. The van der Waals surface area contributed by atoms with Gasteiger partial charge in [-0.1, -0.05) is 6.07 Å². The molecule has 2 atom stereocenters. The zero-order valence-corrected chi connectivity index (χ0v) is 23.7. The first-order valence-electron chi connectivity index (χ1n) is 13.3. The smallest absolute Gasteiger partial charge is 0.416 e. The number of carbonyl (C=O) groups is 3. The van der Waals surface area contributed by atoms with Crippen LogP contribution in [-0.2, 0) is 23.7 Å². The first-order valence-corrected chi connectivity index (χ1v) is 13.3. The number of rotatable bonds is 6. The second kappa shape index (κ2) is 12.7. The molecule has 1 aromatic heterocycles. The Labute approximate surface area is 251 Å². The fraction of sp³-hybridized carbons (Fsp3) is 0.345. The van der Waals surface area contributed by atoms with E-state index in [0.29, 0.717) is 23.3 Å². The van der Waals surface area contributed by atoms with Crippen LogP contribution in [0.1, 0.15) is 50.5 Å². The third kappa shape index (κ3) is 7.85. The van der Waals surface area contributed by atoms with Crippen LogP contribution in [0.2, 0.25) is 0 Å². The van der Waals surface area contributed by atoms with E-state index >= 15 is 0 Å². The molecule has 1 saturated heterocycles. The highest BCUT2D eigenvalue weighted by atomic mass is 19.4. The molecular formula is C29H26F7N5O4. The number of piperidine rings is 1. The maximum atomic E-state index is 14.0. The van der Waals surface area contributed by atoms with E-state index in [1.54, 1.807) is 6.92 Å². The Morgan fingerprint density at radius 2 is 1.60 bits per heavy atom. The van der Waals surface area contributed by atoms with Crippen molar-refractivity contribution in [2.24, 2.45) is 5.92 Å². The molecule has 2 aromatic carbocycles. The number of hydrogen-bond donors (Lipinski definition) is 2. The number of amides is 3. The van der Waals surface area contributed by atoms with E-state index in [1.165, 1.54) is 30.1 Å². The first kappa shape index (κ1) is 33.1. The van der Waals surface area contributed by atoms with Crippen LogP contribution in [0.25, 0.3) is 0 Å². The number of aromatic nitrogens is 2. The van der Waals surface area contributed by atoms with Gasteiger partial charge in [0.25, 0.3) is 5.91 Å². The van der Waals surface area contributed by atoms with Crippen LogP contribution in [0.3, 0.4) is 0 Å². The van der Waals surface area contributed by atoms with Crippen LogP contribution in [0.4, 0.5) is 41.5 Å². The fourth-order valence-electron chi connectivity index (χ4n) is 5.33. The van der Waals surface area contributed by atoms with E-state index in [1.807, 2.05) is 5.32 Å². The molecule has 0 saturated carbocycles. The SMILES string of the molecule is Cc1cc(F)ccc1[C@@H]1CN(C(=O)c2cnc(NC(=O)O)nc2)CC[C@H]1C(=O)N(C)Cc1cc(C(F)(F)F)cc(C(F)(F)F)c1. The van der Waals surface area contributed by atoms with Crippen molar-refractivity contribution < 1.29 is 50.2 Å². The van der Waals surface area contributed by atoms with Gasteiger partial charge in [-0.25, -0.2) is 19.2 Å². The number of carboxylic acid groups (broad SMARTS) is 1. The average Bonchev–Trinajstić information content (AvgIpc) is 2.95. The van der Waals surface area contributed by atoms with E-state index in [-0.39, 0.29) is 42.7 Å². The van der Waals surface area contributed by atoms with Crippen molar-refractivity contribution in [2.75, 3.05) is 25.5 Å². The molecular weight excluding hydrogens is 615 g/mol. The average molecular weight is 642 g/mol. The number of benzene rings is 2. The van der Waals surface area contributed by atoms with Gasteiger partial charge in [-0.15, -0.1) is 0 Å². The van der Waals surface area contributed by atoms with Crippen molar-refractivity contribution in [2.45, 2.75) is 38.2 Å². The third-order valence-electron chi connectivity index (χ3n) is 7.41. The zero-order chi connectivity index (χ0) is 33.3. The first-order chi connectivity index (χ1) is 20.9. The van der Waals surface area contributed by atoms with Gasteiger partial charge in [0.1, 0.15) is 5.82 Å². The largest absolute Gasteiger partial charge is 0.465 e. The van der Waals surface area contributed by atoms with Gasteiger partial charge in [-0.3, -0.25) is 14.9 Å². The molecule has 2 N–H and O–H groups in total. The number of halogens is 7. The number of carbonyl (C=O) groups excluding carboxylic acids is 2. The van der Waals surface area contributed by atoms with Crippen molar-refractivity contribution in [3.8, 4) is 0 Å². The molecule has 0 unspecified atom stereocenters. The third-order valence-corrected chi connectivity index (χ3v) is 7.41. The summed E-state index contributed by atoms with van der Waals surface area (Å²) < 4.78 is 94.2. The molecule has 1 aliphatic heterocycles. The Hall–Kier alpha value is -4.76. The number of aryl methyl sites for hydroxylation is 1. The van der Waals surface area contributed by atoms with E-state index in [2.05, 4.69) is 9.97 Å². The number of likely N-dealkylation sites (tertiary alicyclic amines) is 1. The summed E-state index contributed by atoms with van der Waals surface area (Å²) in [7, 11) is 1.26. The van der Waals surface area contributed by atoms with Gasteiger partial charge in [0.15, 0.2) is 0 Å². The Kier molecular flexibility index (Phi) is 9.35. The molecule has 0 spiro atoms. The normalized spacial score (nSPS) is 17.1. The molecule has 1 fully saturated rings. The van der Waals surface area contributed by atoms with Crippen molar-refractivity contribution in [1.29, 1.82) is 0 Å². The number of nitrogens with zero attached hydrogens (tertiary/aromatic N) is 4. The van der Waals surface area contributed by atoms with Gasteiger partial charge in [0.2, 0.25) is 11.9 Å². The number of anilines is 1. The summed E-state index contributed by atoms with van der Waals surface area (Å²) >= 11 is 0. The van der Waals surface area contributed by atoms with Crippen LogP contribution >= 0.6 is 0 Å². The maximum Gasteiger partial charge on any atom is 0.416 e. The van der Waals surface area contributed by atoms with Gasteiger partial charge in [0.05, 0.1) is 16.7 Å². The van der Waals surface area contributed by atoms with Crippen LogP contribution in [-0.4, -0.2) is 62.9 Å². The van der Waals surface area contributed by atoms with Crippen molar-refractivity contribution in [1.82, 2.24) is 19.8 Å². The Morgan fingerprint density at radius 3 is 2.13 bits per heavy atom. The van der Waals surface area contributed by atoms with E-state index < -0.39 is 65.6 Å². The fourth-order valence-corrected chi connectivity index (χ4v) is 5.33. The molecule has 16 heteroatoms. The van der Waals surface area contributed by atoms with Crippen molar-refractivity contribution in [3.05, 3.63) is 88.0 Å². The Morgan fingerprint density at radius 1 is 1.00 bits per heavy atom. The Balaban J connectivity index is 1.61. The van der Waals surface area contributed by atoms with Crippen LogP contribution in [0.15, 0.2) is 48.8 Å². The number of nitrogens with one attached hydrogen (secondary N) is 1. The summed E-state index contributed by atoms with van der Waals surface area (Å²) in [5.74, 6) is -3.51. The lowest BCUT2D eigenvalue weighted by molar-refractivity contribution is -0.143. The monoisotopic (exact) mass is 641 g/mol. The molecule has 240 valence electrons. The quantitative estimate of drug-likeness (QED) is 0.321. The molecule has 0 radical (unpaired) electrons. The predicted molar refractivity (Wildman–Crippen MR) is 144 cm³/mol. The molecule has 3 amide bonds. The van der Waals surface area contributed by atoms with Crippen LogP contribution in [0, 0.1) is 18.7 Å². The van der Waals surface area contributed by atoms with Crippen molar-refractivity contribution in [3.63, 3.8) is 0 Å². The second-order valence-corrected chi connectivity index (χ2v) is 10.6. The molecule has 45 heavy (non-hydrogen) atoms. The molecule has 0 aliphatic carbocycles. The highest BCUT2D eigenvalue weighted by Gasteiger charge is 2.40. The summed E-state index contributed by atoms with van der Waals surface area (Å²) in [6, 6.07) is 5.00. The lowest BCUT2D eigenvalue weighted by Gasteiger charge is -2.40. The minimum atomic E-state index is -5.05. The molecule has 2 heterocycles. The zero-order valence-electron chi connectivity index (χ0n) is 23.7. The summed E-state index contributed by atoms with van der Waals surface area (Å²) in [6.45, 7) is 1.03. The minimum Gasteiger partial charge on any atom is -0.465 e. The summed E-state index contributed by atoms with van der Waals surface area (Å²) in [6.07, 6.45) is -9.21. The molecule has 0 bridgehead atoms. The van der Waals surface area contributed by atoms with Crippen LogP contribution < -0.4 is 5.32 Å².